The van der Waals surface area contributed by atoms with Gasteiger partial charge in [-0.05, 0) is 120 Å². The molecule has 1 aliphatic carbocycles. The van der Waals surface area contributed by atoms with Crippen molar-refractivity contribution in [1.29, 1.82) is 0 Å². The zero-order chi connectivity index (χ0) is 27.7. The Morgan fingerprint density at radius 2 is 1.63 bits per heavy atom. The van der Waals surface area contributed by atoms with E-state index in [2.05, 4.69) is 75.2 Å². The van der Waals surface area contributed by atoms with Gasteiger partial charge in [0.1, 0.15) is 0 Å². The summed E-state index contributed by atoms with van der Waals surface area (Å²) in [5.74, 6) is 0.446. The fraction of sp³-hybridized carbons (Fsp3) is 0.611. The highest BCUT2D eigenvalue weighted by atomic mass is 16.3. The Morgan fingerprint density at radius 3 is 2.54 bits per heavy atom. The lowest BCUT2D eigenvalue weighted by Gasteiger charge is -2.61. The Morgan fingerprint density at radius 1 is 0.829 bits per heavy atom. The molecule has 5 nitrogen and oxygen atoms in total. The van der Waals surface area contributed by atoms with Crippen molar-refractivity contribution in [3.63, 3.8) is 0 Å². The molecule has 220 valence electrons. The minimum atomic E-state index is -0.879. The summed E-state index contributed by atoms with van der Waals surface area (Å²) >= 11 is 0. The number of aromatic nitrogens is 1. The first-order valence-electron chi connectivity index (χ1n) is 16.7. The molecule has 0 radical (unpaired) electrons. The normalized spacial score (nSPS) is 36.7. The maximum absolute atomic E-state index is 13.0. The highest BCUT2D eigenvalue weighted by Crippen LogP contribution is 2.56. The summed E-state index contributed by atoms with van der Waals surface area (Å²) in [5.41, 5.74) is 4.62. The maximum Gasteiger partial charge on any atom is 0.0992 e. The van der Waals surface area contributed by atoms with Gasteiger partial charge in [-0.1, -0.05) is 48.6 Å². The number of aromatic amines is 1. The molecule has 0 amide bonds. The summed E-state index contributed by atoms with van der Waals surface area (Å²) < 4.78 is 0. The van der Waals surface area contributed by atoms with Gasteiger partial charge in [-0.3, -0.25) is 0 Å². The number of H-pyrrole nitrogens is 1. The molecular formula is C36H50N4O. The zero-order valence-corrected chi connectivity index (χ0v) is 24.8. The molecule has 1 unspecified atom stereocenters. The fourth-order valence-electron chi connectivity index (χ4n) is 9.27. The number of nitrogens with zero attached hydrogens (tertiary/aromatic N) is 1. The number of hydrogen-bond donors (Lipinski definition) is 4. The number of hydrogen-bond acceptors (Lipinski definition) is 4. The van der Waals surface area contributed by atoms with Gasteiger partial charge in [0.2, 0.25) is 0 Å². The molecule has 7 rings (SSSR count). The molecule has 2 aromatic rings. The number of nitrogens with one attached hydrogen (secondary N) is 3. The van der Waals surface area contributed by atoms with Crippen molar-refractivity contribution in [2.24, 2.45) is 11.3 Å². The monoisotopic (exact) mass is 554 g/mol. The van der Waals surface area contributed by atoms with Crippen LogP contribution in [-0.4, -0.2) is 59.4 Å². The minimum Gasteiger partial charge on any atom is -0.384 e. The summed E-state index contributed by atoms with van der Waals surface area (Å²) in [6.45, 7) is 5.39. The molecule has 5 heteroatoms. The third-order valence-electron chi connectivity index (χ3n) is 11.1. The van der Waals surface area contributed by atoms with Gasteiger partial charge >= 0.3 is 0 Å². The third-order valence-corrected chi connectivity index (χ3v) is 11.1. The van der Waals surface area contributed by atoms with E-state index in [1.807, 2.05) is 0 Å². The van der Waals surface area contributed by atoms with Crippen LogP contribution in [0.1, 0.15) is 87.9 Å². The van der Waals surface area contributed by atoms with Crippen LogP contribution in [0.25, 0.3) is 10.9 Å². The van der Waals surface area contributed by atoms with Crippen LogP contribution in [0.2, 0.25) is 0 Å². The Labute approximate surface area is 246 Å². The van der Waals surface area contributed by atoms with Crippen molar-refractivity contribution in [2.45, 2.75) is 94.7 Å². The van der Waals surface area contributed by atoms with E-state index in [9.17, 15) is 5.11 Å². The largest absolute Gasteiger partial charge is 0.384 e. The molecule has 1 fully saturated rings. The first-order valence-corrected chi connectivity index (χ1v) is 16.7. The molecule has 1 aromatic carbocycles. The Balaban J connectivity index is 1.38. The topological polar surface area (TPSA) is 63.3 Å². The van der Waals surface area contributed by atoms with Gasteiger partial charge in [-0.2, -0.15) is 0 Å². The highest BCUT2D eigenvalue weighted by Gasteiger charge is 2.59. The molecule has 4 N–H and O–H groups in total. The average molecular weight is 555 g/mol. The van der Waals surface area contributed by atoms with Gasteiger partial charge in [0.05, 0.1) is 11.6 Å². The number of rotatable bonds is 1. The molecule has 1 spiro atoms. The average Bonchev–Trinajstić information content (AvgIpc) is 3.35. The van der Waals surface area contributed by atoms with Crippen LogP contribution in [-0.2, 0) is 6.42 Å². The quantitative estimate of drug-likeness (QED) is 0.311. The summed E-state index contributed by atoms with van der Waals surface area (Å²) in [5, 5.41) is 22.4. The number of benzene rings is 1. The van der Waals surface area contributed by atoms with E-state index in [0.717, 1.165) is 64.7 Å². The number of aliphatic hydroxyl groups is 1. The minimum absolute atomic E-state index is 0.00512. The van der Waals surface area contributed by atoms with Crippen LogP contribution >= 0.6 is 0 Å². The summed E-state index contributed by atoms with van der Waals surface area (Å²) in [6, 6.07) is 9.01. The van der Waals surface area contributed by atoms with Crippen LogP contribution in [0, 0.1) is 11.3 Å². The van der Waals surface area contributed by atoms with Crippen molar-refractivity contribution < 1.29 is 5.11 Å². The lowest BCUT2D eigenvalue weighted by Crippen LogP contribution is -2.69. The second-order valence-corrected chi connectivity index (χ2v) is 13.6. The van der Waals surface area contributed by atoms with Crippen LogP contribution in [0.15, 0.2) is 60.2 Å². The maximum atomic E-state index is 13.0. The van der Waals surface area contributed by atoms with Crippen molar-refractivity contribution in [1.82, 2.24) is 20.5 Å². The van der Waals surface area contributed by atoms with Gasteiger partial charge in [0.15, 0.2) is 0 Å². The van der Waals surface area contributed by atoms with Gasteiger partial charge in [-0.15, -0.1) is 0 Å². The summed E-state index contributed by atoms with van der Waals surface area (Å²) in [4.78, 5) is 6.63. The molecule has 3 bridgehead atoms. The molecule has 41 heavy (non-hydrogen) atoms. The SMILES string of the molecule is O[C@]12C=C([C@H]3NCCc4c3[nH]c3ccccc43)[C@@H]3CCN(CCCCC=CCC1)C[C@@]31CCC=CCCCCN[C@H]12. The second kappa shape index (κ2) is 11.8. The Kier molecular flexibility index (Phi) is 7.98. The van der Waals surface area contributed by atoms with Gasteiger partial charge in [0, 0.05) is 41.1 Å². The van der Waals surface area contributed by atoms with E-state index in [1.165, 1.54) is 72.8 Å². The Bertz CT molecular complexity index is 1310. The molecule has 1 saturated heterocycles. The molecule has 0 saturated carbocycles. The third kappa shape index (κ3) is 5.18. The molecule has 1 aromatic heterocycles. The van der Waals surface area contributed by atoms with E-state index < -0.39 is 5.60 Å². The summed E-state index contributed by atoms with van der Waals surface area (Å²) in [6.07, 6.45) is 25.4. The molecule has 5 aliphatic rings. The number of piperidine rings is 1. The standard InChI is InChI=1S/C36H50N4O/c41-36-20-12-6-2-4-8-14-23-40-24-18-30(35(26-40)19-11-5-1-3-7-13-21-38-34(35)36)29(25-36)32-33-28(17-22-37-32)27-15-9-10-16-31(27)39-33/h1-2,5-6,9-10,15-16,25,30,32,34,37-39,41H,3-4,7-8,11-14,17-24,26H2/t30-,32+,34+,35-,36-/m0/s1. The zero-order valence-electron chi connectivity index (χ0n) is 24.8. The van der Waals surface area contributed by atoms with E-state index in [4.69, 9.17) is 0 Å². The van der Waals surface area contributed by atoms with Crippen LogP contribution in [0.3, 0.4) is 0 Å². The Hall–Kier alpha value is -2.18. The molecule has 4 aliphatic heterocycles. The van der Waals surface area contributed by atoms with E-state index in [-0.39, 0.29) is 17.5 Å². The summed E-state index contributed by atoms with van der Waals surface area (Å²) in [7, 11) is 0. The molecular weight excluding hydrogens is 504 g/mol. The predicted octanol–water partition coefficient (Wildman–Crippen LogP) is 6.33. The number of fused-ring (bicyclic) bond motifs is 4. The number of allylic oxidation sites excluding steroid dienone is 4. The fourth-order valence-corrected chi connectivity index (χ4v) is 9.27. The van der Waals surface area contributed by atoms with Crippen LogP contribution in [0.4, 0.5) is 0 Å². The van der Waals surface area contributed by atoms with E-state index in [0.29, 0.717) is 5.92 Å². The van der Waals surface area contributed by atoms with Crippen molar-refractivity contribution >= 4 is 10.9 Å². The van der Waals surface area contributed by atoms with E-state index in [1.54, 1.807) is 0 Å². The predicted molar refractivity (Wildman–Crippen MR) is 169 cm³/mol. The second-order valence-electron chi connectivity index (χ2n) is 13.6. The number of para-hydroxylation sites is 1. The van der Waals surface area contributed by atoms with Gasteiger partial charge in [-0.25, -0.2) is 0 Å². The lowest BCUT2D eigenvalue weighted by molar-refractivity contribution is -0.0902. The van der Waals surface area contributed by atoms with Crippen molar-refractivity contribution in [3.8, 4) is 0 Å². The first kappa shape index (κ1) is 27.6. The van der Waals surface area contributed by atoms with Gasteiger partial charge in [0.25, 0.3) is 0 Å². The van der Waals surface area contributed by atoms with Gasteiger partial charge < -0.3 is 25.6 Å². The van der Waals surface area contributed by atoms with Crippen LogP contribution < -0.4 is 10.6 Å². The highest BCUT2D eigenvalue weighted by molar-refractivity contribution is 5.85. The van der Waals surface area contributed by atoms with Crippen LogP contribution in [0.5, 0.6) is 0 Å². The smallest absolute Gasteiger partial charge is 0.0992 e. The van der Waals surface area contributed by atoms with Crippen molar-refractivity contribution in [3.05, 3.63) is 71.5 Å². The van der Waals surface area contributed by atoms with Crippen molar-refractivity contribution in [2.75, 3.05) is 32.7 Å². The first-order chi connectivity index (χ1) is 20.2. The van der Waals surface area contributed by atoms with E-state index >= 15 is 0 Å². The molecule has 5 heterocycles. The molecule has 6 atom stereocenters. The lowest BCUT2D eigenvalue weighted by atomic mass is 9.52.